The number of hydrogen-bond acceptors (Lipinski definition) is 3. The summed E-state index contributed by atoms with van der Waals surface area (Å²) in [7, 11) is 0. The third-order valence-corrected chi connectivity index (χ3v) is 3.28. The summed E-state index contributed by atoms with van der Waals surface area (Å²) >= 11 is 6.22. The van der Waals surface area contributed by atoms with Crippen LogP contribution in [0.3, 0.4) is 0 Å². The molecule has 2 rings (SSSR count). The zero-order valence-electron chi connectivity index (χ0n) is 8.11. The summed E-state index contributed by atoms with van der Waals surface area (Å²) in [5.41, 5.74) is 2.20. The van der Waals surface area contributed by atoms with E-state index in [9.17, 15) is 4.79 Å². The molecule has 1 saturated heterocycles. The molecule has 1 aliphatic heterocycles. The predicted octanol–water partition coefficient (Wildman–Crippen LogP) is 2.48. The van der Waals surface area contributed by atoms with Gasteiger partial charge in [-0.1, -0.05) is 48.2 Å². The quantitative estimate of drug-likeness (QED) is 0.599. The molecule has 0 bridgehead atoms. The van der Waals surface area contributed by atoms with Crippen molar-refractivity contribution >= 4 is 40.3 Å². The van der Waals surface area contributed by atoms with Gasteiger partial charge in [0, 0.05) is 0 Å². The average molecular weight is 235 g/mol. The maximum Gasteiger partial charge on any atom is 0.263 e. The molecule has 0 aromatic heterocycles. The fourth-order valence-electron chi connectivity index (χ4n) is 1.31. The van der Waals surface area contributed by atoms with Crippen molar-refractivity contribution in [2.24, 2.45) is 0 Å². The van der Waals surface area contributed by atoms with Gasteiger partial charge in [-0.2, -0.15) is 0 Å². The minimum absolute atomic E-state index is 0.103. The van der Waals surface area contributed by atoms with Gasteiger partial charge in [-0.25, -0.2) is 0 Å². The second-order valence-electron chi connectivity index (χ2n) is 3.21. The van der Waals surface area contributed by atoms with E-state index in [1.165, 1.54) is 11.8 Å². The molecule has 1 N–H and O–H groups in total. The number of nitrogens with one attached hydrogen (secondary N) is 1. The normalized spacial score (nSPS) is 18.3. The van der Waals surface area contributed by atoms with Gasteiger partial charge in [-0.15, -0.1) is 0 Å². The zero-order valence-corrected chi connectivity index (χ0v) is 9.74. The Labute approximate surface area is 97.8 Å². The molecule has 15 heavy (non-hydrogen) atoms. The topological polar surface area (TPSA) is 29.1 Å². The van der Waals surface area contributed by atoms with Gasteiger partial charge in [0.2, 0.25) is 0 Å². The number of amides is 1. The molecule has 0 radical (unpaired) electrons. The number of carbonyl (C=O) groups excluding carboxylic acids is 1. The molecule has 1 aliphatic rings. The first-order chi connectivity index (χ1) is 7.16. The Morgan fingerprint density at radius 3 is 2.73 bits per heavy atom. The predicted molar refractivity (Wildman–Crippen MR) is 67.5 cm³/mol. The van der Waals surface area contributed by atoms with E-state index in [0.29, 0.717) is 9.23 Å². The van der Waals surface area contributed by atoms with Crippen molar-refractivity contribution in [3.05, 3.63) is 40.3 Å². The first-order valence-corrected chi connectivity index (χ1v) is 5.70. The lowest BCUT2D eigenvalue weighted by molar-refractivity contribution is -0.115. The van der Waals surface area contributed by atoms with Gasteiger partial charge in [-0.3, -0.25) is 4.79 Å². The number of aryl methyl sites for hydroxylation is 1. The molecule has 76 valence electrons. The molecule has 1 amide bonds. The summed E-state index contributed by atoms with van der Waals surface area (Å²) in [6.45, 7) is 2.02. The van der Waals surface area contributed by atoms with E-state index in [1.54, 1.807) is 0 Å². The number of hydrogen-bond donors (Lipinski definition) is 1. The van der Waals surface area contributed by atoms with Crippen LogP contribution in [0.5, 0.6) is 0 Å². The summed E-state index contributed by atoms with van der Waals surface area (Å²) in [5, 5.41) is 2.59. The number of carbonyl (C=O) groups is 1. The molecule has 0 unspecified atom stereocenters. The molecule has 1 aromatic rings. The van der Waals surface area contributed by atoms with Crippen LogP contribution in [0.2, 0.25) is 0 Å². The number of thioether (sulfide) groups is 1. The standard InChI is InChI=1S/C11H9NOS2/c1-7-4-2-3-5-8(7)6-9-10(13)12-11(14)15-9/h2-6H,1H3,(H,12,13,14). The Bertz CT molecular complexity index is 465. The summed E-state index contributed by atoms with van der Waals surface area (Å²) in [4.78, 5) is 12.1. The van der Waals surface area contributed by atoms with Crippen molar-refractivity contribution < 1.29 is 4.79 Å². The lowest BCUT2D eigenvalue weighted by atomic mass is 10.1. The van der Waals surface area contributed by atoms with Crippen LogP contribution >= 0.6 is 24.0 Å². The van der Waals surface area contributed by atoms with Crippen LogP contribution < -0.4 is 5.32 Å². The van der Waals surface area contributed by atoms with Gasteiger partial charge < -0.3 is 5.32 Å². The molecule has 1 heterocycles. The number of thiocarbonyl (C=S) groups is 1. The molecule has 0 spiro atoms. The van der Waals surface area contributed by atoms with Crippen molar-refractivity contribution in [1.29, 1.82) is 0 Å². The molecule has 2 nitrogen and oxygen atoms in total. The van der Waals surface area contributed by atoms with Crippen LogP contribution in [0.1, 0.15) is 11.1 Å². The van der Waals surface area contributed by atoms with Gasteiger partial charge in [0.1, 0.15) is 4.32 Å². The molecular weight excluding hydrogens is 226 g/mol. The Morgan fingerprint density at radius 2 is 2.13 bits per heavy atom. The first kappa shape index (κ1) is 10.4. The number of benzene rings is 1. The Balaban J connectivity index is 2.35. The van der Waals surface area contributed by atoms with Crippen LogP contribution in [0.15, 0.2) is 29.2 Å². The minimum Gasteiger partial charge on any atom is -0.307 e. The van der Waals surface area contributed by atoms with Crippen molar-refractivity contribution in [3.8, 4) is 0 Å². The molecule has 0 atom stereocenters. The lowest BCUT2D eigenvalue weighted by Gasteiger charge is -1.99. The van der Waals surface area contributed by atoms with E-state index in [1.807, 2.05) is 37.3 Å². The Hall–Kier alpha value is -1.13. The fraction of sp³-hybridized carbons (Fsp3) is 0.0909. The third-order valence-electron chi connectivity index (χ3n) is 2.12. The van der Waals surface area contributed by atoms with E-state index in [4.69, 9.17) is 12.2 Å². The van der Waals surface area contributed by atoms with E-state index < -0.39 is 0 Å². The van der Waals surface area contributed by atoms with Crippen molar-refractivity contribution in [3.63, 3.8) is 0 Å². The van der Waals surface area contributed by atoms with Gasteiger partial charge in [-0.05, 0) is 24.1 Å². The van der Waals surface area contributed by atoms with Gasteiger partial charge in [0.15, 0.2) is 0 Å². The van der Waals surface area contributed by atoms with Gasteiger partial charge >= 0.3 is 0 Å². The highest BCUT2D eigenvalue weighted by Crippen LogP contribution is 2.26. The Kier molecular flexibility index (Phi) is 2.88. The summed E-state index contributed by atoms with van der Waals surface area (Å²) in [6, 6.07) is 7.93. The molecule has 0 aliphatic carbocycles. The summed E-state index contributed by atoms with van der Waals surface area (Å²) in [5.74, 6) is -0.103. The van der Waals surface area contributed by atoms with Crippen LogP contribution in [-0.2, 0) is 4.79 Å². The highest BCUT2D eigenvalue weighted by Gasteiger charge is 2.21. The van der Waals surface area contributed by atoms with E-state index >= 15 is 0 Å². The van der Waals surface area contributed by atoms with E-state index in [2.05, 4.69) is 5.32 Å². The second-order valence-corrected chi connectivity index (χ2v) is 4.93. The van der Waals surface area contributed by atoms with Crippen LogP contribution in [0, 0.1) is 6.92 Å². The lowest BCUT2D eigenvalue weighted by Crippen LogP contribution is -2.17. The fourth-order valence-corrected chi connectivity index (χ4v) is 2.35. The SMILES string of the molecule is Cc1ccccc1C=C1SC(=S)NC1=O. The third kappa shape index (κ3) is 2.27. The van der Waals surface area contributed by atoms with E-state index in [0.717, 1.165) is 11.1 Å². The van der Waals surface area contributed by atoms with E-state index in [-0.39, 0.29) is 5.91 Å². The van der Waals surface area contributed by atoms with Crippen molar-refractivity contribution in [1.82, 2.24) is 5.32 Å². The minimum atomic E-state index is -0.103. The zero-order chi connectivity index (χ0) is 10.8. The summed E-state index contributed by atoms with van der Waals surface area (Å²) in [6.07, 6.45) is 1.87. The van der Waals surface area contributed by atoms with Crippen LogP contribution in [-0.4, -0.2) is 10.2 Å². The smallest absolute Gasteiger partial charge is 0.263 e. The highest BCUT2D eigenvalue weighted by atomic mass is 32.2. The highest BCUT2D eigenvalue weighted by molar-refractivity contribution is 8.26. The number of rotatable bonds is 1. The van der Waals surface area contributed by atoms with Gasteiger partial charge in [0.25, 0.3) is 5.91 Å². The van der Waals surface area contributed by atoms with Crippen molar-refractivity contribution in [2.75, 3.05) is 0 Å². The monoisotopic (exact) mass is 235 g/mol. The van der Waals surface area contributed by atoms with Crippen LogP contribution in [0.4, 0.5) is 0 Å². The molecule has 1 fully saturated rings. The maximum absolute atomic E-state index is 11.4. The average Bonchev–Trinajstić information content (AvgIpc) is 2.49. The molecular formula is C11H9NOS2. The van der Waals surface area contributed by atoms with Crippen molar-refractivity contribution in [2.45, 2.75) is 6.92 Å². The maximum atomic E-state index is 11.4. The largest absolute Gasteiger partial charge is 0.307 e. The van der Waals surface area contributed by atoms with Gasteiger partial charge in [0.05, 0.1) is 4.91 Å². The van der Waals surface area contributed by atoms with Crippen LogP contribution in [0.25, 0.3) is 6.08 Å². The summed E-state index contributed by atoms with van der Waals surface area (Å²) < 4.78 is 0.528. The molecule has 1 aromatic carbocycles. The molecule has 0 saturated carbocycles. The molecule has 4 heteroatoms. The first-order valence-electron chi connectivity index (χ1n) is 4.47. The second kappa shape index (κ2) is 4.16. The Morgan fingerprint density at radius 1 is 1.40 bits per heavy atom.